The van der Waals surface area contributed by atoms with Gasteiger partial charge in [-0.2, -0.15) is 0 Å². The van der Waals surface area contributed by atoms with E-state index in [4.69, 9.17) is 4.74 Å². The minimum atomic E-state index is 0.251. The maximum Gasteiger partial charge on any atom is 0.122 e. The van der Waals surface area contributed by atoms with Gasteiger partial charge in [0.15, 0.2) is 0 Å². The Morgan fingerprint density at radius 1 is 1.25 bits per heavy atom. The molecule has 0 radical (unpaired) electrons. The lowest BCUT2D eigenvalue weighted by Gasteiger charge is -2.53. The molecule has 2 heteroatoms. The highest BCUT2D eigenvalue weighted by Crippen LogP contribution is 2.55. The lowest BCUT2D eigenvalue weighted by atomic mass is 9.52. The predicted molar refractivity (Wildman–Crippen MR) is 85.4 cm³/mol. The van der Waals surface area contributed by atoms with Gasteiger partial charge in [0.2, 0.25) is 0 Å². The summed E-state index contributed by atoms with van der Waals surface area (Å²) in [6, 6.07) is 8.53. The van der Waals surface area contributed by atoms with Crippen LogP contribution < -0.4 is 10.1 Å². The molecular formula is C18H29NO. The lowest BCUT2D eigenvalue weighted by molar-refractivity contribution is 0.0437. The fourth-order valence-electron chi connectivity index (χ4n) is 3.40. The van der Waals surface area contributed by atoms with Gasteiger partial charge in [0, 0.05) is 17.5 Å². The van der Waals surface area contributed by atoms with Gasteiger partial charge in [0.05, 0.1) is 7.11 Å². The number of rotatable bonds is 5. The summed E-state index contributed by atoms with van der Waals surface area (Å²) >= 11 is 0. The average Bonchev–Trinajstić information content (AvgIpc) is 2.36. The fraction of sp³-hybridized carbons (Fsp3) is 0.667. The molecule has 20 heavy (non-hydrogen) atoms. The van der Waals surface area contributed by atoms with Gasteiger partial charge in [-0.3, -0.25) is 0 Å². The second kappa shape index (κ2) is 5.77. The predicted octanol–water partition coefficient (Wildman–Crippen LogP) is 4.00. The zero-order chi connectivity index (χ0) is 14.8. The van der Waals surface area contributed by atoms with Gasteiger partial charge in [0.25, 0.3) is 0 Å². The molecule has 2 nitrogen and oxygen atoms in total. The van der Waals surface area contributed by atoms with Crippen molar-refractivity contribution in [1.82, 2.24) is 5.32 Å². The smallest absolute Gasteiger partial charge is 0.122 e. The zero-order valence-corrected chi connectivity index (χ0v) is 13.6. The van der Waals surface area contributed by atoms with Crippen LogP contribution in [-0.2, 0) is 5.41 Å². The highest BCUT2D eigenvalue weighted by molar-refractivity contribution is 5.42. The van der Waals surface area contributed by atoms with E-state index in [2.05, 4.69) is 57.3 Å². The first kappa shape index (κ1) is 15.4. The monoisotopic (exact) mass is 275 g/mol. The van der Waals surface area contributed by atoms with Crippen molar-refractivity contribution in [3.63, 3.8) is 0 Å². The summed E-state index contributed by atoms with van der Waals surface area (Å²) in [5, 5.41) is 3.56. The van der Waals surface area contributed by atoms with Crippen molar-refractivity contribution >= 4 is 0 Å². The van der Waals surface area contributed by atoms with E-state index in [1.54, 1.807) is 7.11 Å². The van der Waals surface area contributed by atoms with Crippen LogP contribution in [-0.4, -0.2) is 20.2 Å². The Kier molecular flexibility index (Phi) is 4.43. The molecule has 1 aromatic rings. The minimum absolute atomic E-state index is 0.251. The third kappa shape index (κ3) is 2.85. The van der Waals surface area contributed by atoms with E-state index in [0.717, 1.165) is 24.8 Å². The second-order valence-corrected chi connectivity index (χ2v) is 7.23. The van der Waals surface area contributed by atoms with Crippen molar-refractivity contribution in [2.75, 3.05) is 20.2 Å². The fourth-order valence-corrected chi connectivity index (χ4v) is 3.40. The Morgan fingerprint density at radius 3 is 2.45 bits per heavy atom. The Balaban J connectivity index is 2.26. The van der Waals surface area contributed by atoms with Crippen LogP contribution in [0.5, 0.6) is 5.75 Å². The van der Waals surface area contributed by atoms with Crippen LogP contribution in [0.3, 0.4) is 0 Å². The molecule has 0 aromatic heterocycles. The standard InChI is InChI=1S/C18H29NO/c1-6-19-13-18(11-14(12-18)17(2,3)4)15-9-7-8-10-16(15)20-5/h7-10,14,19H,6,11-13H2,1-5H3. The number of hydrogen-bond acceptors (Lipinski definition) is 2. The molecule has 0 bridgehead atoms. The number of para-hydroxylation sites is 1. The van der Waals surface area contributed by atoms with E-state index in [-0.39, 0.29) is 5.41 Å². The zero-order valence-electron chi connectivity index (χ0n) is 13.6. The molecule has 1 aliphatic carbocycles. The molecular weight excluding hydrogens is 246 g/mol. The molecule has 1 aromatic carbocycles. The Morgan fingerprint density at radius 2 is 1.90 bits per heavy atom. The Hall–Kier alpha value is -1.02. The van der Waals surface area contributed by atoms with Crippen LogP contribution in [0.4, 0.5) is 0 Å². The van der Waals surface area contributed by atoms with E-state index in [9.17, 15) is 0 Å². The van der Waals surface area contributed by atoms with Crippen LogP contribution in [0, 0.1) is 11.3 Å². The highest BCUT2D eigenvalue weighted by Gasteiger charge is 2.50. The van der Waals surface area contributed by atoms with Gasteiger partial charge in [-0.1, -0.05) is 45.9 Å². The molecule has 0 spiro atoms. The molecule has 1 aliphatic rings. The summed E-state index contributed by atoms with van der Waals surface area (Å²) in [6.45, 7) is 11.3. The van der Waals surface area contributed by atoms with Crippen molar-refractivity contribution in [3.8, 4) is 5.75 Å². The van der Waals surface area contributed by atoms with Gasteiger partial charge in [-0.05, 0) is 36.8 Å². The maximum atomic E-state index is 5.60. The van der Waals surface area contributed by atoms with Gasteiger partial charge in [0.1, 0.15) is 5.75 Å². The van der Waals surface area contributed by atoms with Crippen LogP contribution in [0.25, 0.3) is 0 Å². The molecule has 1 saturated carbocycles. The summed E-state index contributed by atoms with van der Waals surface area (Å²) in [5.74, 6) is 1.84. The molecule has 0 aliphatic heterocycles. The maximum absolute atomic E-state index is 5.60. The topological polar surface area (TPSA) is 21.3 Å². The van der Waals surface area contributed by atoms with E-state index < -0.39 is 0 Å². The highest BCUT2D eigenvalue weighted by atomic mass is 16.5. The Bertz CT molecular complexity index is 441. The van der Waals surface area contributed by atoms with Crippen molar-refractivity contribution in [1.29, 1.82) is 0 Å². The van der Waals surface area contributed by atoms with E-state index >= 15 is 0 Å². The largest absolute Gasteiger partial charge is 0.496 e. The number of nitrogens with one attached hydrogen (secondary N) is 1. The second-order valence-electron chi connectivity index (χ2n) is 7.23. The first-order valence-corrected chi connectivity index (χ1v) is 7.77. The van der Waals surface area contributed by atoms with Crippen molar-refractivity contribution in [2.45, 2.75) is 46.0 Å². The third-order valence-corrected chi connectivity index (χ3v) is 4.89. The van der Waals surface area contributed by atoms with Crippen LogP contribution in [0.2, 0.25) is 0 Å². The normalized spacial score (nSPS) is 26.1. The van der Waals surface area contributed by atoms with Crippen LogP contribution in [0.15, 0.2) is 24.3 Å². The summed E-state index contributed by atoms with van der Waals surface area (Å²) in [4.78, 5) is 0. The molecule has 0 unspecified atom stereocenters. The van der Waals surface area contributed by atoms with Gasteiger partial charge >= 0.3 is 0 Å². The molecule has 0 saturated heterocycles. The Labute approximate surface area is 123 Å². The van der Waals surface area contributed by atoms with Crippen molar-refractivity contribution in [2.24, 2.45) is 11.3 Å². The first-order chi connectivity index (χ1) is 9.43. The first-order valence-electron chi connectivity index (χ1n) is 7.77. The number of hydrogen-bond donors (Lipinski definition) is 1. The number of ether oxygens (including phenoxy) is 1. The average molecular weight is 275 g/mol. The van der Waals surface area contributed by atoms with Crippen LogP contribution in [0.1, 0.15) is 46.1 Å². The molecule has 1 N–H and O–H groups in total. The quantitative estimate of drug-likeness (QED) is 0.877. The van der Waals surface area contributed by atoms with Crippen molar-refractivity contribution in [3.05, 3.63) is 29.8 Å². The minimum Gasteiger partial charge on any atom is -0.496 e. The summed E-state index contributed by atoms with van der Waals surface area (Å²) in [5.41, 5.74) is 2.03. The summed E-state index contributed by atoms with van der Waals surface area (Å²) in [6.07, 6.45) is 2.51. The van der Waals surface area contributed by atoms with E-state index in [1.807, 2.05) is 0 Å². The van der Waals surface area contributed by atoms with Crippen molar-refractivity contribution < 1.29 is 4.74 Å². The molecule has 0 atom stereocenters. The summed E-state index contributed by atoms with van der Waals surface area (Å²) < 4.78 is 5.60. The number of likely N-dealkylation sites (N-methyl/N-ethyl adjacent to an activating group) is 1. The van der Waals surface area contributed by atoms with Gasteiger partial charge < -0.3 is 10.1 Å². The number of benzene rings is 1. The van der Waals surface area contributed by atoms with Crippen LogP contribution >= 0.6 is 0 Å². The molecule has 112 valence electrons. The number of methoxy groups -OCH3 is 1. The van der Waals surface area contributed by atoms with Gasteiger partial charge in [-0.25, -0.2) is 0 Å². The van der Waals surface area contributed by atoms with E-state index in [1.165, 1.54) is 18.4 Å². The van der Waals surface area contributed by atoms with Gasteiger partial charge in [-0.15, -0.1) is 0 Å². The van der Waals surface area contributed by atoms with E-state index in [0.29, 0.717) is 5.41 Å². The molecule has 1 fully saturated rings. The third-order valence-electron chi connectivity index (χ3n) is 4.89. The SMILES string of the molecule is CCNCC1(c2ccccc2OC)CC(C(C)(C)C)C1. The molecule has 0 amide bonds. The lowest BCUT2D eigenvalue weighted by Crippen LogP contribution is -2.52. The summed E-state index contributed by atoms with van der Waals surface area (Å²) in [7, 11) is 1.78. The molecule has 2 rings (SSSR count). The molecule has 0 heterocycles.